The second kappa shape index (κ2) is 18.5. The molecule has 2 unspecified atom stereocenters. The van der Waals surface area contributed by atoms with Gasteiger partial charge in [0.15, 0.2) is 0 Å². The highest BCUT2D eigenvalue weighted by molar-refractivity contribution is 4.57. The number of aliphatic hydroxyl groups is 2. The molecular weight excluding hydrogens is 346 g/mol. The van der Waals surface area contributed by atoms with Crippen molar-refractivity contribution >= 4 is 0 Å². The van der Waals surface area contributed by atoms with Crippen molar-refractivity contribution in [2.75, 3.05) is 26.2 Å². The quantitative estimate of drug-likeness (QED) is 0.277. The molecule has 0 saturated carbocycles. The van der Waals surface area contributed by atoms with Crippen molar-refractivity contribution in [3.05, 3.63) is 0 Å². The van der Waals surface area contributed by atoms with Crippen LogP contribution in [0.1, 0.15) is 105 Å². The molecular formula is C22H48ClNO2. The van der Waals surface area contributed by atoms with Crippen LogP contribution in [-0.2, 0) is 0 Å². The summed E-state index contributed by atoms with van der Waals surface area (Å²) < 4.78 is 0.900. The Morgan fingerprint density at radius 2 is 0.885 bits per heavy atom. The van der Waals surface area contributed by atoms with E-state index in [0.29, 0.717) is 0 Å². The molecule has 0 saturated heterocycles. The first-order chi connectivity index (χ1) is 12.0. The maximum atomic E-state index is 10.0. The van der Waals surface area contributed by atoms with Crippen LogP contribution in [0.4, 0.5) is 0 Å². The molecule has 0 fully saturated rings. The van der Waals surface area contributed by atoms with Gasteiger partial charge in [-0.15, -0.1) is 0 Å². The fraction of sp³-hybridized carbons (Fsp3) is 1.00. The van der Waals surface area contributed by atoms with Crippen molar-refractivity contribution in [3.63, 3.8) is 0 Å². The van der Waals surface area contributed by atoms with Gasteiger partial charge in [0, 0.05) is 0 Å². The van der Waals surface area contributed by atoms with Gasteiger partial charge in [-0.3, -0.25) is 0 Å². The van der Waals surface area contributed by atoms with Crippen LogP contribution in [0, 0.1) is 0 Å². The summed E-state index contributed by atoms with van der Waals surface area (Å²) in [5.74, 6) is 0. The summed E-state index contributed by atoms with van der Waals surface area (Å²) in [4.78, 5) is 0. The normalized spacial score (nSPS) is 14.1. The maximum absolute atomic E-state index is 10.0. The summed E-state index contributed by atoms with van der Waals surface area (Å²) in [5, 5.41) is 20.1. The zero-order valence-corrected chi connectivity index (χ0v) is 18.9. The number of halogens is 1. The lowest BCUT2D eigenvalue weighted by atomic mass is 10.1. The Labute approximate surface area is 170 Å². The van der Waals surface area contributed by atoms with Gasteiger partial charge in [-0.05, 0) is 39.5 Å². The molecule has 4 heteroatoms. The molecule has 3 nitrogen and oxygen atoms in total. The van der Waals surface area contributed by atoms with Gasteiger partial charge in [-0.2, -0.15) is 0 Å². The Morgan fingerprint density at radius 3 is 1.19 bits per heavy atom. The van der Waals surface area contributed by atoms with Crippen LogP contribution in [-0.4, -0.2) is 53.1 Å². The van der Waals surface area contributed by atoms with E-state index in [1.807, 2.05) is 13.8 Å². The minimum absolute atomic E-state index is 0. The second-order valence-electron chi connectivity index (χ2n) is 8.39. The summed E-state index contributed by atoms with van der Waals surface area (Å²) in [7, 11) is 0. The minimum atomic E-state index is -0.293. The number of rotatable bonds is 18. The summed E-state index contributed by atoms with van der Waals surface area (Å²) >= 11 is 0. The molecule has 0 aliphatic heterocycles. The molecule has 0 aliphatic carbocycles. The summed E-state index contributed by atoms with van der Waals surface area (Å²) in [6.45, 7) is 12.1. The molecule has 0 spiro atoms. The molecule has 0 aromatic rings. The van der Waals surface area contributed by atoms with E-state index in [-0.39, 0.29) is 24.6 Å². The van der Waals surface area contributed by atoms with E-state index in [1.54, 1.807) is 0 Å². The molecule has 0 aliphatic rings. The van der Waals surface area contributed by atoms with Crippen LogP contribution in [0.2, 0.25) is 0 Å². The topological polar surface area (TPSA) is 40.5 Å². The average Bonchev–Trinajstić information content (AvgIpc) is 2.53. The first-order valence-corrected chi connectivity index (χ1v) is 11.2. The van der Waals surface area contributed by atoms with Crippen LogP contribution in [0.3, 0.4) is 0 Å². The number of hydrogen-bond donors (Lipinski definition) is 2. The summed E-state index contributed by atoms with van der Waals surface area (Å²) in [6.07, 6.45) is 15.1. The van der Waals surface area contributed by atoms with Crippen molar-refractivity contribution in [1.82, 2.24) is 0 Å². The zero-order valence-electron chi connectivity index (χ0n) is 18.2. The monoisotopic (exact) mass is 393 g/mol. The SMILES string of the molecule is CCCCCCCC[N+](CCCCCCCC)(CC(C)O)CC(C)O.[Cl-]. The smallest absolute Gasteiger partial charge is 0.105 e. The van der Waals surface area contributed by atoms with Gasteiger partial charge >= 0.3 is 0 Å². The van der Waals surface area contributed by atoms with E-state index >= 15 is 0 Å². The van der Waals surface area contributed by atoms with Crippen molar-refractivity contribution in [1.29, 1.82) is 0 Å². The minimum Gasteiger partial charge on any atom is -1.00 e. The summed E-state index contributed by atoms with van der Waals surface area (Å²) in [5.41, 5.74) is 0. The Kier molecular flexibility index (Phi) is 20.2. The van der Waals surface area contributed by atoms with Crippen molar-refractivity contribution in [3.8, 4) is 0 Å². The number of nitrogens with zero attached hydrogens (tertiary/aromatic N) is 1. The van der Waals surface area contributed by atoms with E-state index in [0.717, 1.165) is 30.7 Å². The van der Waals surface area contributed by atoms with Crippen molar-refractivity contribution < 1.29 is 27.1 Å². The third kappa shape index (κ3) is 16.4. The van der Waals surface area contributed by atoms with E-state index < -0.39 is 0 Å². The molecule has 160 valence electrons. The van der Waals surface area contributed by atoms with Crippen LogP contribution in [0.25, 0.3) is 0 Å². The molecule has 0 rings (SSSR count). The van der Waals surface area contributed by atoms with Crippen LogP contribution < -0.4 is 12.4 Å². The molecule has 0 bridgehead atoms. The van der Waals surface area contributed by atoms with Gasteiger partial charge in [-0.25, -0.2) is 0 Å². The van der Waals surface area contributed by atoms with Crippen LogP contribution >= 0.6 is 0 Å². The largest absolute Gasteiger partial charge is 1.00 e. The molecule has 0 aromatic carbocycles. The maximum Gasteiger partial charge on any atom is 0.105 e. The van der Waals surface area contributed by atoms with Crippen molar-refractivity contribution in [2.45, 2.75) is 117 Å². The predicted molar refractivity (Wildman–Crippen MR) is 110 cm³/mol. The third-order valence-electron chi connectivity index (χ3n) is 5.28. The molecule has 0 radical (unpaired) electrons. The van der Waals surface area contributed by atoms with Crippen LogP contribution in [0.5, 0.6) is 0 Å². The lowest BCUT2D eigenvalue weighted by molar-refractivity contribution is -0.933. The molecule has 0 heterocycles. The fourth-order valence-corrected chi connectivity index (χ4v) is 4.13. The summed E-state index contributed by atoms with van der Waals surface area (Å²) in [6, 6.07) is 0. The highest BCUT2D eigenvalue weighted by Gasteiger charge is 2.30. The molecule has 0 aromatic heterocycles. The molecule has 2 N–H and O–H groups in total. The Balaban J connectivity index is 0. The average molecular weight is 394 g/mol. The van der Waals surface area contributed by atoms with Crippen molar-refractivity contribution in [2.24, 2.45) is 0 Å². The first-order valence-electron chi connectivity index (χ1n) is 11.2. The van der Waals surface area contributed by atoms with E-state index in [2.05, 4.69) is 13.8 Å². The molecule has 0 amide bonds. The van der Waals surface area contributed by atoms with Gasteiger partial charge in [0.2, 0.25) is 0 Å². The number of quaternary nitrogens is 1. The van der Waals surface area contributed by atoms with E-state index in [4.69, 9.17) is 0 Å². The highest BCUT2D eigenvalue weighted by Crippen LogP contribution is 2.18. The first kappa shape index (κ1) is 28.4. The number of aliphatic hydroxyl groups excluding tert-OH is 2. The van der Waals surface area contributed by atoms with Gasteiger partial charge in [0.1, 0.15) is 25.3 Å². The van der Waals surface area contributed by atoms with E-state index in [1.165, 1.54) is 77.0 Å². The highest BCUT2D eigenvalue weighted by atomic mass is 35.5. The third-order valence-corrected chi connectivity index (χ3v) is 5.28. The molecule has 2 atom stereocenters. The molecule has 26 heavy (non-hydrogen) atoms. The lowest BCUT2D eigenvalue weighted by Gasteiger charge is -2.41. The van der Waals surface area contributed by atoms with E-state index in [9.17, 15) is 10.2 Å². The standard InChI is InChI=1S/C22H48NO2.ClH/c1-5-7-9-11-13-15-17-23(19-21(3)24,20-22(4)25)18-16-14-12-10-8-6-2;/h21-22,24-25H,5-20H2,1-4H3;1H/q+1;/p-1. The van der Waals surface area contributed by atoms with Gasteiger partial charge in [0.25, 0.3) is 0 Å². The Bertz CT molecular complexity index is 257. The Hall–Kier alpha value is 0.170. The van der Waals surface area contributed by atoms with Crippen LogP contribution in [0.15, 0.2) is 0 Å². The van der Waals surface area contributed by atoms with Gasteiger partial charge in [-0.1, -0.05) is 65.2 Å². The predicted octanol–water partition coefficient (Wildman–Crippen LogP) is 2.29. The fourth-order valence-electron chi connectivity index (χ4n) is 4.13. The number of hydrogen-bond acceptors (Lipinski definition) is 2. The zero-order chi connectivity index (χ0) is 19.0. The number of unbranched alkanes of at least 4 members (excludes halogenated alkanes) is 10. The van der Waals surface area contributed by atoms with Gasteiger partial charge in [0.05, 0.1) is 13.1 Å². The Morgan fingerprint density at radius 1 is 0.577 bits per heavy atom. The lowest BCUT2D eigenvalue weighted by Crippen LogP contribution is -3.00. The van der Waals surface area contributed by atoms with Gasteiger partial charge < -0.3 is 27.1 Å². The second-order valence-corrected chi connectivity index (χ2v) is 8.39.